The summed E-state index contributed by atoms with van der Waals surface area (Å²) < 4.78 is 5.53. The van der Waals surface area contributed by atoms with Gasteiger partial charge < -0.3 is 16.2 Å². The predicted molar refractivity (Wildman–Crippen MR) is 63.7 cm³/mol. The number of carbonyl (C=O) groups excluding carboxylic acids is 1. The Labute approximate surface area is 98.0 Å². The Balaban J connectivity index is 2.20. The lowest BCUT2D eigenvalue weighted by molar-refractivity contribution is 0.100. The van der Waals surface area contributed by atoms with E-state index >= 15 is 0 Å². The fraction of sp³-hybridized carbons (Fsp3) is 0. The summed E-state index contributed by atoms with van der Waals surface area (Å²) >= 11 is 0. The molecule has 2 aromatic rings. The van der Waals surface area contributed by atoms with Gasteiger partial charge in [-0.3, -0.25) is 9.78 Å². The van der Waals surface area contributed by atoms with Crippen molar-refractivity contribution < 1.29 is 9.53 Å². The highest BCUT2D eigenvalue weighted by Gasteiger charge is 2.03. The Morgan fingerprint density at radius 1 is 1.18 bits per heavy atom. The molecule has 0 aliphatic heterocycles. The number of hydrogen-bond acceptors (Lipinski definition) is 4. The molecule has 0 saturated carbocycles. The zero-order chi connectivity index (χ0) is 12.3. The van der Waals surface area contributed by atoms with E-state index in [4.69, 9.17) is 16.2 Å². The van der Waals surface area contributed by atoms with Crippen LogP contribution in [0.3, 0.4) is 0 Å². The number of primary amides is 1. The highest BCUT2D eigenvalue weighted by Crippen LogP contribution is 2.25. The lowest BCUT2D eigenvalue weighted by atomic mass is 10.2. The van der Waals surface area contributed by atoms with Crippen molar-refractivity contribution in [2.75, 3.05) is 5.73 Å². The van der Waals surface area contributed by atoms with E-state index in [9.17, 15) is 4.79 Å². The standard InChI is InChI=1S/C12H11N3O2/c13-10-7-15-6-5-11(10)17-9-3-1-8(2-4-9)12(14)16/h1-7H,13H2,(H2,14,16). The third-order valence-corrected chi connectivity index (χ3v) is 2.18. The molecule has 1 heterocycles. The summed E-state index contributed by atoms with van der Waals surface area (Å²) in [4.78, 5) is 14.7. The molecule has 0 spiro atoms. The van der Waals surface area contributed by atoms with Crippen molar-refractivity contribution in [1.82, 2.24) is 4.98 Å². The number of rotatable bonds is 3. The van der Waals surface area contributed by atoms with E-state index in [0.717, 1.165) is 0 Å². The molecule has 5 heteroatoms. The monoisotopic (exact) mass is 229 g/mol. The number of ether oxygens (including phenoxy) is 1. The molecule has 17 heavy (non-hydrogen) atoms. The van der Waals surface area contributed by atoms with Crippen LogP contribution in [0.15, 0.2) is 42.7 Å². The Kier molecular flexibility index (Phi) is 2.91. The molecule has 0 saturated heterocycles. The van der Waals surface area contributed by atoms with E-state index in [1.807, 2.05) is 0 Å². The molecular weight excluding hydrogens is 218 g/mol. The molecule has 5 nitrogen and oxygen atoms in total. The van der Waals surface area contributed by atoms with E-state index < -0.39 is 5.91 Å². The van der Waals surface area contributed by atoms with E-state index in [0.29, 0.717) is 22.7 Å². The molecule has 2 rings (SSSR count). The minimum Gasteiger partial charge on any atom is -0.455 e. The van der Waals surface area contributed by atoms with E-state index in [-0.39, 0.29) is 0 Å². The third-order valence-electron chi connectivity index (χ3n) is 2.18. The van der Waals surface area contributed by atoms with Gasteiger partial charge in [-0.05, 0) is 24.3 Å². The van der Waals surface area contributed by atoms with Crippen LogP contribution in [0.2, 0.25) is 0 Å². The van der Waals surface area contributed by atoms with Crippen molar-refractivity contribution in [2.24, 2.45) is 5.73 Å². The molecule has 0 atom stereocenters. The maximum atomic E-state index is 10.9. The smallest absolute Gasteiger partial charge is 0.248 e. The van der Waals surface area contributed by atoms with Gasteiger partial charge in [0.25, 0.3) is 0 Å². The summed E-state index contributed by atoms with van der Waals surface area (Å²) in [7, 11) is 0. The van der Waals surface area contributed by atoms with Crippen molar-refractivity contribution in [2.45, 2.75) is 0 Å². The van der Waals surface area contributed by atoms with Gasteiger partial charge in [-0.1, -0.05) is 0 Å². The molecule has 86 valence electrons. The maximum absolute atomic E-state index is 10.9. The van der Waals surface area contributed by atoms with Crippen molar-refractivity contribution in [3.8, 4) is 11.5 Å². The summed E-state index contributed by atoms with van der Waals surface area (Å²) in [6.07, 6.45) is 3.09. The van der Waals surface area contributed by atoms with Crippen LogP contribution in [0.5, 0.6) is 11.5 Å². The number of anilines is 1. The fourth-order valence-corrected chi connectivity index (χ4v) is 1.30. The van der Waals surface area contributed by atoms with Gasteiger partial charge in [-0.2, -0.15) is 0 Å². The van der Waals surface area contributed by atoms with Gasteiger partial charge in [0.05, 0.1) is 11.9 Å². The summed E-state index contributed by atoms with van der Waals surface area (Å²) in [5, 5.41) is 0. The maximum Gasteiger partial charge on any atom is 0.248 e. The molecule has 0 radical (unpaired) electrons. The van der Waals surface area contributed by atoms with E-state index in [1.54, 1.807) is 36.5 Å². The minimum absolute atomic E-state index is 0.431. The van der Waals surface area contributed by atoms with Gasteiger partial charge >= 0.3 is 0 Å². The van der Waals surface area contributed by atoms with Gasteiger partial charge in [0, 0.05) is 17.8 Å². The molecule has 0 bridgehead atoms. The van der Waals surface area contributed by atoms with Crippen LogP contribution >= 0.6 is 0 Å². The second-order valence-electron chi connectivity index (χ2n) is 3.40. The van der Waals surface area contributed by atoms with Gasteiger partial charge in [-0.25, -0.2) is 0 Å². The minimum atomic E-state index is -0.472. The number of amides is 1. The molecule has 1 aromatic heterocycles. The van der Waals surface area contributed by atoms with Crippen molar-refractivity contribution in [1.29, 1.82) is 0 Å². The van der Waals surface area contributed by atoms with Gasteiger partial charge in [0.2, 0.25) is 5.91 Å². The molecule has 0 aliphatic carbocycles. The Bertz CT molecular complexity index is 538. The molecular formula is C12H11N3O2. The highest BCUT2D eigenvalue weighted by molar-refractivity contribution is 5.92. The van der Waals surface area contributed by atoms with E-state index in [1.165, 1.54) is 6.20 Å². The molecule has 1 aromatic carbocycles. The number of aromatic nitrogens is 1. The van der Waals surface area contributed by atoms with Crippen LogP contribution in [-0.4, -0.2) is 10.9 Å². The molecule has 4 N–H and O–H groups in total. The topological polar surface area (TPSA) is 91.2 Å². The summed E-state index contributed by atoms with van der Waals surface area (Å²) in [5.74, 6) is 0.625. The number of benzene rings is 1. The van der Waals surface area contributed by atoms with Crippen molar-refractivity contribution >= 4 is 11.6 Å². The van der Waals surface area contributed by atoms with Gasteiger partial charge in [-0.15, -0.1) is 0 Å². The van der Waals surface area contributed by atoms with Gasteiger partial charge in [0.15, 0.2) is 5.75 Å². The van der Waals surface area contributed by atoms with Crippen molar-refractivity contribution in [3.63, 3.8) is 0 Å². The summed E-state index contributed by atoms with van der Waals surface area (Å²) in [6.45, 7) is 0. The Morgan fingerprint density at radius 2 is 1.88 bits per heavy atom. The zero-order valence-corrected chi connectivity index (χ0v) is 8.96. The number of hydrogen-bond donors (Lipinski definition) is 2. The lowest BCUT2D eigenvalue weighted by Gasteiger charge is -2.07. The normalized spacial score (nSPS) is 9.88. The zero-order valence-electron chi connectivity index (χ0n) is 8.96. The first-order valence-corrected chi connectivity index (χ1v) is 4.94. The van der Waals surface area contributed by atoms with Crippen LogP contribution in [-0.2, 0) is 0 Å². The first-order valence-electron chi connectivity index (χ1n) is 4.94. The Hall–Kier alpha value is -2.56. The first kappa shape index (κ1) is 10.9. The fourth-order valence-electron chi connectivity index (χ4n) is 1.30. The second-order valence-corrected chi connectivity index (χ2v) is 3.40. The average molecular weight is 229 g/mol. The number of nitrogens with two attached hydrogens (primary N) is 2. The number of nitrogen functional groups attached to an aromatic ring is 1. The Morgan fingerprint density at radius 3 is 2.47 bits per heavy atom. The average Bonchev–Trinajstić information content (AvgIpc) is 2.33. The number of carbonyl (C=O) groups is 1. The third kappa shape index (κ3) is 2.52. The largest absolute Gasteiger partial charge is 0.455 e. The molecule has 0 unspecified atom stereocenters. The van der Waals surface area contributed by atoms with Crippen LogP contribution in [0.1, 0.15) is 10.4 Å². The summed E-state index contributed by atoms with van der Waals surface area (Å²) in [5.41, 5.74) is 11.7. The highest BCUT2D eigenvalue weighted by atomic mass is 16.5. The van der Waals surface area contributed by atoms with Crippen LogP contribution in [0.4, 0.5) is 5.69 Å². The van der Waals surface area contributed by atoms with Crippen LogP contribution in [0, 0.1) is 0 Å². The molecule has 1 amide bonds. The lowest BCUT2D eigenvalue weighted by Crippen LogP contribution is -2.10. The van der Waals surface area contributed by atoms with Crippen LogP contribution < -0.4 is 16.2 Å². The van der Waals surface area contributed by atoms with Crippen molar-refractivity contribution in [3.05, 3.63) is 48.3 Å². The quantitative estimate of drug-likeness (QED) is 0.835. The second kappa shape index (κ2) is 4.52. The van der Waals surface area contributed by atoms with E-state index in [2.05, 4.69) is 4.98 Å². The molecule has 0 aliphatic rings. The molecule has 0 fully saturated rings. The first-order chi connectivity index (χ1) is 8.16. The SMILES string of the molecule is NC(=O)c1ccc(Oc2ccncc2N)cc1. The van der Waals surface area contributed by atoms with Gasteiger partial charge in [0.1, 0.15) is 5.75 Å². The summed E-state index contributed by atoms with van der Waals surface area (Å²) in [6, 6.07) is 8.15. The number of pyridine rings is 1. The predicted octanol–water partition coefficient (Wildman–Crippen LogP) is 1.55. The van der Waals surface area contributed by atoms with Crippen LogP contribution in [0.25, 0.3) is 0 Å². The number of nitrogens with zero attached hydrogens (tertiary/aromatic N) is 1.